The first kappa shape index (κ1) is 12.1. The second-order valence-corrected chi connectivity index (χ2v) is 5.23. The smallest absolute Gasteiger partial charge is 0.235 e. The van der Waals surface area contributed by atoms with E-state index in [9.17, 15) is 9.59 Å². The van der Waals surface area contributed by atoms with Crippen molar-refractivity contribution in [3.8, 4) is 0 Å². The molecule has 0 saturated carbocycles. The number of nitrogens with one attached hydrogen (secondary N) is 1. The van der Waals surface area contributed by atoms with Crippen LogP contribution >= 0.6 is 0 Å². The third-order valence-corrected chi connectivity index (χ3v) is 3.96. The highest BCUT2D eigenvalue weighted by atomic mass is 16.5. The van der Waals surface area contributed by atoms with Gasteiger partial charge in [0.1, 0.15) is 5.69 Å². The lowest BCUT2D eigenvalue weighted by Gasteiger charge is -2.19. The van der Waals surface area contributed by atoms with Crippen LogP contribution in [-0.2, 0) is 9.59 Å². The lowest BCUT2D eigenvalue weighted by atomic mass is 9.91. The lowest BCUT2D eigenvalue weighted by Crippen LogP contribution is -2.39. The van der Waals surface area contributed by atoms with Gasteiger partial charge in [-0.25, -0.2) is 0 Å². The first-order valence-electron chi connectivity index (χ1n) is 6.85. The van der Waals surface area contributed by atoms with Crippen LogP contribution in [0.15, 0.2) is 40.9 Å². The Kier molecular flexibility index (Phi) is 2.54. The molecular weight excluding hydrogens is 268 g/mol. The highest BCUT2D eigenvalue weighted by Gasteiger charge is 2.32. The summed E-state index contributed by atoms with van der Waals surface area (Å²) in [7, 11) is 0. The highest BCUT2D eigenvalue weighted by molar-refractivity contribution is 6.09. The van der Waals surface area contributed by atoms with Crippen molar-refractivity contribution in [1.29, 1.82) is 0 Å². The monoisotopic (exact) mass is 280 g/mol. The number of aromatic nitrogens is 1. The molecule has 1 aliphatic heterocycles. The molecular formula is C16H12N2O3. The number of hydrogen-bond acceptors (Lipinski definition) is 4. The average Bonchev–Trinajstić information content (AvgIpc) is 2.91. The molecule has 2 aromatic carbocycles. The Morgan fingerprint density at radius 1 is 1.14 bits per heavy atom. The van der Waals surface area contributed by atoms with Gasteiger partial charge in [0.2, 0.25) is 11.8 Å². The molecule has 5 heteroatoms. The largest absolute Gasteiger partial charge is 0.356 e. The second kappa shape index (κ2) is 4.41. The van der Waals surface area contributed by atoms with Gasteiger partial charge in [0.25, 0.3) is 0 Å². The van der Waals surface area contributed by atoms with Gasteiger partial charge in [-0.3, -0.25) is 14.9 Å². The van der Waals surface area contributed by atoms with Crippen molar-refractivity contribution < 1.29 is 14.1 Å². The van der Waals surface area contributed by atoms with Crippen LogP contribution in [0.3, 0.4) is 0 Å². The molecule has 21 heavy (non-hydrogen) atoms. The van der Waals surface area contributed by atoms with Crippen molar-refractivity contribution in [3.63, 3.8) is 0 Å². The Hall–Kier alpha value is -2.69. The fraction of sp³-hybridized carbons (Fsp3) is 0.188. The molecule has 0 spiro atoms. The van der Waals surface area contributed by atoms with Gasteiger partial charge in [-0.15, -0.1) is 0 Å². The van der Waals surface area contributed by atoms with Crippen LogP contribution in [0.1, 0.15) is 24.5 Å². The van der Waals surface area contributed by atoms with Gasteiger partial charge >= 0.3 is 0 Å². The van der Waals surface area contributed by atoms with E-state index in [4.69, 9.17) is 4.52 Å². The summed E-state index contributed by atoms with van der Waals surface area (Å²) < 4.78 is 5.37. The van der Waals surface area contributed by atoms with Crippen molar-refractivity contribution >= 4 is 33.6 Å². The number of carbonyl (C=O) groups excluding carboxylic acids is 2. The summed E-state index contributed by atoms with van der Waals surface area (Å²) in [6.45, 7) is 0. The fourth-order valence-corrected chi connectivity index (χ4v) is 2.93. The summed E-state index contributed by atoms with van der Waals surface area (Å²) in [5.74, 6) is -0.960. The molecule has 5 nitrogen and oxygen atoms in total. The number of amides is 2. The Morgan fingerprint density at radius 2 is 2.00 bits per heavy atom. The zero-order chi connectivity index (χ0) is 14.4. The zero-order valence-corrected chi connectivity index (χ0v) is 11.1. The summed E-state index contributed by atoms with van der Waals surface area (Å²) in [6.07, 6.45) is 0.797. The van der Waals surface area contributed by atoms with Gasteiger partial charge in [-0.05, 0) is 23.3 Å². The summed E-state index contributed by atoms with van der Waals surface area (Å²) in [5, 5.41) is 9.41. The summed E-state index contributed by atoms with van der Waals surface area (Å²) >= 11 is 0. The molecule has 3 aromatic rings. The number of imide groups is 1. The molecule has 0 bridgehead atoms. The van der Waals surface area contributed by atoms with Crippen molar-refractivity contribution in [1.82, 2.24) is 10.5 Å². The SMILES string of the molecule is O=C1CC[C@H](c2noc3ccc4ccccc4c23)C(=O)N1. The number of hydrogen-bond donors (Lipinski definition) is 1. The lowest BCUT2D eigenvalue weighted by molar-refractivity contribution is -0.134. The van der Waals surface area contributed by atoms with E-state index in [2.05, 4.69) is 10.5 Å². The van der Waals surface area contributed by atoms with E-state index >= 15 is 0 Å². The number of piperidine rings is 1. The number of nitrogens with zero attached hydrogens (tertiary/aromatic N) is 1. The minimum atomic E-state index is -0.435. The number of benzene rings is 2. The zero-order valence-electron chi connectivity index (χ0n) is 11.1. The van der Waals surface area contributed by atoms with Gasteiger partial charge < -0.3 is 4.52 Å². The summed E-state index contributed by atoms with van der Waals surface area (Å²) in [6, 6.07) is 11.7. The number of rotatable bonds is 1. The molecule has 104 valence electrons. The first-order chi connectivity index (χ1) is 10.2. The molecule has 1 aliphatic rings. The molecule has 2 amide bonds. The van der Waals surface area contributed by atoms with Crippen LogP contribution < -0.4 is 5.32 Å². The van der Waals surface area contributed by atoms with Gasteiger partial charge in [-0.2, -0.15) is 0 Å². The third kappa shape index (κ3) is 1.81. The maximum atomic E-state index is 12.1. The minimum Gasteiger partial charge on any atom is -0.356 e. The average molecular weight is 280 g/mol. The highest BCUT2D eigenvalue weighted by Crippen LogP contribution is 2.34. The minimum absolute atomic E-state index is 0.228. The predicted octanol–water partition coefficient (Wildman–Crippen LogP) is 2.50. The van der Waals surface area contributed by atoms with E-state index in [1.165, 1.54) is 0 Å². The van der Waals surface area contributed by atoms with E-state index in [1.54, 1.807) is 0 Å². The summed E-state index contributed by atoms with van der Waals surface area (Å²) in [4.78, 5) is 23.4. The quantitative estimate of drug-likeness (QED) is 0.695. The van der Waals surface area contributed by atoms with Gasteiger partial charge in [0, 0.05) is 6.42 Å². The van der Waals surface area contributed by atoms with Crippen molar-refractivity contribution in [3.05, 3.63) is 42.1 Å². The molecule has 1 atom stereocenters. The van der Waals surface area contributed by atoms with Crippen LogP contribution in [-0.4, -0.2) is 17.0 Å². The van der Waals surface area contributed by atoms with Crippen molar-refractivity contribution in [2.24, 2.45) is 0 Å². The van der Waals surface area contributed by atoms with E-state index in [-0.39, 0.29) is 11.8 Å². The molecule has 1 N–H and O–H groups in total. The molecule has 2 heterocycles. The molecule has 1 aromatic heterocycles. The Labute approximate surface area is 119 Å². The Balaban J connectivity index is 1.95. The molecule has 1 fully saturated rings. The van der Waals surface area contributed by atoms with E-state index in [0.717, 1.165) is 16.2 Å². The van der Waals surface area contributed by atoms with E-state index < -0.39 is 5.92 Å². The summed E-state index contributed by atoms with van der Waals surface area (Å²) in [5.41, 5.74) is 1.28. The Bertz CT molecular complexity index is 881. The van der Waals surface area contributed by atoms with E-state index in [0.29, 0.717) is 24.1 Å². The molecule has 0 radical (unpaired) electrons. The maximum Gasteiger partial charge on any atom is 0.235 e. The van der Waals surface area contributed by atoms with Crippen LogP contribution in [0, 0.1) is 0 Å². The topological polar surface area (TPSA) is 72.2 Å². The normalized spacial score (nSPS) is 19.1. The van der Waals surface area contributed by atoms with Gasteiger partial charge in [0.15, 0.2) is 5.58 Å². The molecule has 0 unspecified atom stereocenters. The third-order valence-electron chi connectivity index (χ3n) is 3.96. The Morgan fingerprint density at radius 3 is 2.86 bits per heavy atom. The molecule has 4 rings (SSSR count). The van der Waals surface area contributed by atoms with Crippen molar-refractivity contribution in [2.45, 2.75) is 18.8 Å². The standard InChI is InChI=1S/C16H12N2O3/c19-13-8-6-11(16(20)17-13)15-14-10-4-2-1-3-9(10)5-7-12(14)21-18-15/h1-5,7,11H,6,8H2,(H,17,19,20)/t11-/m1/s1. The van der Waals surface area contributed by atoms with Crippen LogP contribution in [0.5, 0.6) is 0 Å². The van der Waals surface area contributed by atoms with Crippen molar-refractivity contribution in [2.75, 3.05) is 0 Å². The number of carbonyl (C=O) groups is 2. The fourth-order valence-electron chi connectivity index (χ4n) is 2.93. The van der Waals surface area contributed by atoms with Gasteiger partial charge in [-0.1, -0.05) is 35.5 Å². The molecule has 0 aliphatic carbocycles. The first-order valence-corrected chi connectivity index (χ1v) is 6.85. The van der Waals surface area contributed by atoms with Crippen LogP contribution in [0.25, 0.3) is 21.7 Å². The second-order valence-electron chi connectivity index (χ2n) is 5.23. The van der Waals surface area contributed by atoms with Gasteiger partial charge in [0.05, 0.1) is 11.3 Å². The van der Waals surface area contributed by atoms with Crippen LogP contribution in [0.2, 0.25) is 0 Å². The maximum absolute atomic E-state index is 12.1. The predicted molar refractivity (Wildman–Crippen MR) is 76.6 cm³/mol. The van der Waals surface area contributed by atoms with Crippen LogP contribution in [0.4, 0.5) is 0 Å². The number of fused-ring (bicyclic) bond motifs is 3. The van der Waals surface area contributed by atoms with E-state index in [1.807, 2.05) is 36.4 Å². The molecule has 1 saturated heterocycles.